The molecule has 3 aromatic rings. The zero-order chi connectivity index (χ0) is 57.1. The predicted molar refractivity (Wildman–Crippen MR) is 301 cm³/mol. The minimum absolute atomic E-state index is 0.0549. The van der Waals surface area contributed by atoms with Crippen LogP contribution in [0.25, 0.3) is 22.3 Å². The summed E-state index contributed by atoms with van der Waals surface area (Å²) < 4.78 is 24.2. The number of likely N-dealkylation sites (tertiary alicyclic amines) is 1. The summed E-state index contributed by atoms with van der Waals surface area (Å²) in [6, 6.07) is 7.28. The van der Waals surface area contributed by atoms with E-state index in [0.29, 0.717) is 86.6 Å². The van der Waals surface area contributed by atoms with Gasteiger partial charge in [-0.25, -0.2) is 14.6 Å². The predicted octanol–water partition coefficient (Wildman–Crippen LogP) is 10.6. The average molecular weight is 1100 g/mol. The molecule has 434 valence electrons. The number of nitrogens with zero attached hydrogens (tertiary/aromatic N) is 5. The highest BCUT2D eigenvalue weighted by Gasteiger charge is 2.53. The van der Waals surface area contributed by atoms with E-state index < -0.39 is 46.2 Å². The lowest BCUT2D eigenvalue weighted by atomic mass is 9.77. The number of carbonyl (C=O) groups excluding carboxylic acids is 6. The molecule has 0 bridgehead atoms. The smallest absolute Gasteiger partial charge is 0.415 e. The number of pyridine rings is 2. The van der Waals surface area contributed by atoms with Gasteiger partial charge in [0, 0.05) is 68.6 Å². The van der Waals surface area contributed by atoms with Gasteiger partial charge in [0.25, 0.3) is 5.56 Å². The summed E-state index contributed by atoms with van der Waals surface area (Å²) in [7, 11) is 0. The molecule has 1 N–H and O–H groups in total. The summed E-state index contributed by atoms with van der Waals surface area (Å²) in [5.41, 5.74) is -1.18. The van der Waals surface area contributed by atoms with Crippen LogP contribution in [0.2, 0.25) is 0 Å². The van der Waals surface area contributed by atoms with Gasteiger partial charge >= 0.3 is 24.0 Å². The molecule has 2 fully saturated rings. The first-order chi connectivity index (χ1) is 37.6. The van der Waals surface area contributed by atoms with Crippen molar-refractivity contribution >= 4 is 46.7 Å². The molecule has 3 amide bonds. The van der Waals surface area contributed by atoms with Crippen LogP contribution < -0.4 is 10.3 Å². The van der Waals surface area contributed by atoms with E-state index in [9.17, 15) is 38.7 Å². The van der Waals surface area contributed by atoms with Crippen LogP contribution in [0.3, 0.4) is 0 Å². The molecule has 0 unspecified atom stereocenters. The number of ether oxygens (including phenoxy) is 4. The molecular weight excluding hydrogens is 1010 g/mol. The molecule has 6 heterocycles. The molecule has 17 heteroatoms. The van der Waals surface area contributed by atoms with E-state index >= 15 is 0 Å². The van der Waals surface area contributed by atoms with Crippen molar-refractivity contribution in [2.24, 2.45) is 5.41 Å². The molecule has 79 heavy (non-hydrogen) atoms. The Morgan fingerprint density at radius 1 is 0.658 bits per heavy atom. The number of rotatable bonds is 24. The van der Waals surface area contributed by atoms with Crippen LogP contribution in [0.4, 0.5) is 4.79 Å². The van der Waals surface area contributed by atoms with Gasteiger partial charge < -0.3 is 43.3 Å². The van der Waals surface area contributed by atoms with Gasteiger partial charge in [0.1, 0.15) is 23.6 Å². The van der Waals surface area contributed by atoms with Crippen LogP contribution in [-0.2, 0) is 63.4 Å². The van der Waals surface area contributed by atoms with Crippen molar-refractivity contribution in [3.8, 4) is 17.1 Å². The number of aromatic nitrogens is 2. The number of amides is 3. The van der Waals surface area contributed by atoms with E-state index in [-0.39, 0.29) is 60.9 Å². The molecular formula is C62H89N5O12. The number of piperazine rings is 1. The normalized spacial score (nSPS) is 17.9. The van der Waals surface area contributed by atoms with Crippen molar-refractivity contribution in [2.45, 2.75) is 227 Å². The second-order valence-electron chi connectivity index (χ2n) is 24.4. The molecule has 17 nitrogen and oxygen atoms in total. The third-order valence-electron chi connectivity index (χ3n) is 16.3. The van der Waals surface area contributed by atoms with E-state index in [1.54, 1.807) is 75.0 Å². The van der Waals surface area contributed by atoms with Crippen LogP contribution in [0.5, 0.6) is 5.75 Å². The van der Waals surface area contributed by atoms with Crippen LogP contribution >= 0.6 is 0 Å². The highest BCUT2D eigenvalue weighted by molar-refractivity contribution is 6.01. The van der Waals surface area contributed by atoms with Gasteiger partial charge in [-0.05, 0) is 104 Å². The van der Waals surface area contributed by atoms with Crippen LogP contribution in [-0.4, -0.2) is 116 Å². The lowest BCUT2D eigenvalue weighted by Crippen LogP contribution is -2.53. The van der Waals surface area contributed by atoms with Gasteiger partial charge in [-0.15, -0.1) is 0 Å². The molecule has 0 radical (unpaired) electrons. The monoisotopic (exact) mass is 1100 g/mol. The van der Waals surface area contributed by atoms with Crippen molar-refractivity contribution in [2.75, 3.05) is 39.3 Å². The van der Waals surface area contributed by atoms with E-state index in [1.807, 2.05) is 24.0 Å². The Bertz CT molecular complexity index is 2710. The zero-order valence-corrected chi connectivity index (χ0v) is 48.7. The Labute approximate surface area is 467 Å². The fourth-order valence-electron chi connectivity index (χ4n) is 11.5. The number of hydrogen-bond donors (Lipinski definition) is 1. The van der Waals surface area contributed by atoms with Gasteiger partial charge in [0.2, 0.25) is 11.8 Å². The van der Waals surface area contributed by atoms with Crippen molar-refractivity contribution in [1.29, 1.82) is 0 Å². The molecule has 1 aromatic carbocycles. The number of benzene rings is 1. The molecule has 4 aliphatic heterocycles. The van der Waals surface area contributed by atoms with Crippen LogP contribution in [0, 0.1) is 5.41 Å². The van der Waals surface area contributed by atoms with Crippen LogP contribution in [0.1, 0.15) is 212 Å². The lowest BCUT2D eigenvalue weighted by molar-refractivity contribution is -0.190. The van der Waals surface area contributed by atoms with Crippen LogP contribution in [0.15, 0.2) is 29.1 Å². The fraction of sp³-hybridized carbons (Fsp3) is 0.677. The highest BCUT2D eigenvalue weighted by Crippen LogP contribution is 2.41. The number of unbranched alkanes of at least 4 members (excludes halogenated alkanes) is 15. The number of cyclic esters (lactones) is 1. The summed E-state index contributed by atoms with van der Waals surface area (Å²) in [6.45, 7) is 16.7. The van der Waals surface area contributed by atoms with E-state index in [4.69, 9.17) is 23.9 Å². The van der Waals surface area contributed by atoms with Crippen molar-refractivity contribution < 1.29 is 52.8 Å². The maximum Gasteiger partial charge on any atom is 0.415 e. The van der Waals surface area contributed by atoms with Gasteiger partial charge in [-0.1, -0.05) is 110 Å². The maximum atomic E-state index is 13.7. The second kappa shape index (κ2) is 26.6. The Balaban J connectivity index is 0.704. The molecule has 4 aliphatic rings. The van der Waals surface area contributed by atoms with Gasteiger partial charge in [0.05, 0.1) is 29.0 Å². The average Bonchev–Trinajstić information content (AvgIpc) is 4.03. The molecule has 7 rings (SSSR count). The van der Waals surface area contributed by atoms with E-state index in [2.05, 4.69) is 0 Å². The van der Waals surface area contributed by atoms with E-state index in [0.717, 1.165) is 49.7 Å². The number of esters is 3. The summed E-state index contributed by atoms with van der Waals surface area (Å²) in [5.74, 6) is -1.34. The Morgan fingerprint density at radius 2 is 1.14 bits per heavy atom. The molecule has 2 saturated heterocycles. The molecule has 0 aliphatic carbocycles. The van der Waals surface area contributed by atoms with Gasteiger partial charge in [-0.2, -0.15) is 0 Å². The molecule has 0 spiro atoms. The molecule has 1 atom stereocenters. The topological polar surface area (TPSA) is 204 Å². The van der Waals surface area contributed by atoms with Crippen molar-refractivity contribution in [1.82, 2.24) is 24.3 Å². The van der Waals surface area contributed by atoms with Crippen molar-refractivity contribution in [3.05, 3.63) is 56.9 Å². The zero-order valence-electron chi connectivity index (χ0n) is 48.7. The Kier molecular flexibility index (Phi) is 20.5. The first-order valence-electron chi connectivity index (χ1n) is 29.7. The first-order valence-corrected chi connectivity index (χ1v) is 29.7. The maximum absolute atomic E-state index is 13.7. The number of aryl methyl sites for hydroxylation is 1. The minimum atomic E-state index is -1.92. The number of fused-ring (bicyclic) bond motifs is 5. The largest absolute Gasteiger partial charge is 0.459 e. The highest BCUT2D eigenvalue weighted by atomic mass is 16.6. The third-order valence-corrected chi connectivity index (χ3v) is 16.3. The fourth-order valence-corrected chi connectivity index (χ4v) is 11.5. The summed E-state index contributed by atoms with van der Waals surface area (Å²) in [6.07, 6.45) is 20.1. The number of piperidine rings is 1. The Hall–Kier alpha value is -5.84. The Morgan fingerprint density at radius 3 is 1.62 bits per heavy atom. The quantitative estimate of drug-likeness (QED) is 0.0301. The second-order valence-corrected chi connectivity index (χ2v) is 24.4. The van der Waals surface area contributed by atoms with Gasteiger partial charge in [0.15, 0.2) is 11.0 Å². The summed E-state index contributed by atoms with van der Waals surface area (Å²) in [4.78, 5) is 103. The van der Waals surface area contributed by atoms with Gasteiger partial charge in [-0.3, -0.25) is 24.0 Å². The summed E-state index contributed by atoms with van der Waals surface area (Å²) in [5, 5.41) is 11.9. The SMILES string of the molecule is CCc1ccc(OC(=O)N2CCN(C(=O)CCCCCCCCCCCCCCCCCCC(=O)N3CCC(C(=O)OC(C)(C)C)(C(=O)OC(C)(C)C)CC3)CC2)c2cc3c(nc12)-c1cc2c(c(=O)n1C3)COC(=O)[C@]2(O)CC. The molecule has 0 saturated carbocycles. The molecule has 2 aromatic heterocycles. The van der Waals surface area contributed by atoms with E-state index in [1.165, 1.54) is 64.2 Å². The minimum Gasteiger partial charge on any atom is -0.459 e. The first kappa shape index (κ1) is 60.8. The van der Waals surface area contributed by atoms with Crippen molar-refractivity contribution in [3.63, 3.8) is 0 Å². The standard InChI is InChI=1S/C62H89N5O12/c1-9-43-29-30-49(45-39-44-41-67-48(53(44)63-52(43)45)40-47-46(54(67)70)42-76-57(73)62(47,75)10-2)77-58(74)66-37-35-65(36-38-66)51(69)28-26-24-22-20-18-16-14-12-11-13-15-17-19-21-23-25-27-50(68)64-33-31-61(32-34-64,55(71)78-59(3,4)5)56(72)79-60(6,7)8/h29-30,39-40,75H,9-28,31-38,41-42H2,1-8H3/t62-/m0/s1. The number of hydrogen-bond acceptors (Lipinski definition) is 13. The number of aliphatic hydroxyl groups is 1. The number of carbonyl (C=O) groups is 6. The lowest BCUT2D eigenvalue weighted by Gasteiger charge is -2.40. The third kappa shape index (κ3) is 14.9. The summed E-state index contributed by atoms with van der Waals surface area (Å²) >= 11 is 0.